The summed E-state index contributed by atoms with van der Waals surface area (Å²) in [7, 11) is 0. The predicted octanol–water partition coefficient (Wildman–Crippen LogP) is 7.89. The number of rotatable bonds is 7. The van der Waals surface area contributed by atoms with Crippen LogP contribution in [0.3, 0.4) is 0 Å². The van der Waals surface area contributed by atoms with Gasteiger partial charge in [0, 0.05) is 29.9 Å². The lowest BCUT2D eigenvalue weighted by atomic mass is 9.96. The Hall–Kier alpha value is -4.45. The number of hydrogen-bond donors (Lipinski definition) is 1. The van der Waals surface area contributed by atoms with Crippen LogP contribution in [0.15, 0.2) is 91.0 Å². The van der Waals surface area contributed by atoms with E-state index in [1.54, 1.807) is 18.2 Å². The van der Waals surface area contributed by atoms with Gasteiger partial charge in [0.2, 0.25) is 0 Å². The molecule has 1 atom stereocenters. The van der Waals surface area contributed by atoms with Crippen LogP contribution in [0.5, 0.6) is 0 Å². The number of anilines is 1. The van der Waals surface area contributed by atoms with Gasteiger partial charge in [-0.1, -0.05) is 60.7 Å². The number of aryl methyl sites for hydroxylation is 1. The summed E-state index contributed by atoms with van der Waals surface area (Å²) in [5.41, 5.74) is 5.38. The summed E-state index contributed by atoms with van der Waals surface area (Å²) in [5.74, 6) is -0.876. The fourth-order valence-corrected chi connectivity index (χ4v) is 5.38. The first-order valence-electron chi connectivity index (χ1n) is 14.4. The number of esters is 1. The first kappa shape index (κ1) is 29.1. The second kappa shape index (κ2) is 12.2. The molecule has 42 heavy (non-hydrogen) atoms. The number of amides is 1. The van der Waals surface area contributed by atoms with Gasteiger partial charge in [-0.15, -0.1) is 0 Å². The third-order valence-corrected chi connectivity index (χ3v) is 7.47. The van der Waals surface area contributed by atoms with Crippen molar-refractivity contribution in [1.82, 2.24) is 5.32 Å². The molecule has 5 rings (SSSR count). The molecule has 0 spiro atoms. The molecule has 6 heteroatoms. The summed E-state index contributed by atoms with van der Waals surface area (Å²) in [6.07, 6.45) is 1.78. The zero-order chi connectivity index (χ0) is 29.9. The summed E-state index contributed by atoms with van der Waals surface area (Å²) in [5, 5.41) is 3.09. The fraction of sp³-hybridized carbons (Fsp3) is 0.278. The zero-order valence-corrected chi connectivity index (χ0v) is 24.6. The van der Waals surface area contributed by atoms with Crippen molar-refractivity contribution >= 4 is 17.6 Å². The number of carbonyl (C=O) groups excluding carboxylic acids is 2. The SMILES string of the molecule is CC(NC(=O)c1ccc2c(c1)CCCN2Cc1ccc(-c2ccccc2C(=O)OC(C)(C)C)cc1F)c1ccccc1. The molecule has 0 saturated heterocycles. The van der Waals surface area contributed by atoms with Crippen LogP contribution in [0.1, 0.15) is 77.6 Å². The Balaban J connectivity index is 1.32. The van der Waals surface area contributed by atoms with Gasteiger partial charge in [-0.25, -0.2) is 9.18 Å². The maximum atomic E-state index is 15.5. The van der Waals surface area contributed by atoms with E-state index in [9.17, 15) is 9.59 Å². The molecule has 0 fully saturated rings. The van der Waals surface area contributed by atoms with E-state index in [0.29, 0.717) is 34.4 Å². The lowest BCUT2D eigenvalue weighted by molar-refractivity contribution is 0.00703. The number of ether oxygens (including phenoxy) is 1. The van der Waals surface area contributed by atoms with Crippen molar-refractivity contribution in [3.8, 4) is 11.1 Å². The number of nitrogens with zero attached hydrogens (tertiary/aromatic N) is 1. The van der Waals surface area contributed by atoms with Gasteiger partial charge in [-0.05, 0) is 93.1 Å². The van der Waals surface area contributed by atoms with E-state index in [-0.39, 0.29) is 17.8 Å². The molecule has 1 aliphatic heterocycles. The highest BCUT2D eigenvalue weighted by Gasteiger charge is 2.23. The van der Waals surface area contributed by atoms with Crippen molar-refractivity contribution in [2.45, 2.75) is 58.7 Å². The van der Waals surface area contributed by atoms with Gasteiger partial charge in [0.25, 0.3) is 5.91 Å². The number of fused-ring (bicyclic) bond motifs is 1. The maximum absolute atomic E-state index is 15.5. The van der Waals surface area contributed by atoms with Crippen molar-refractivity contribution < 1.29 is 18.7 Å². The number of halogens is 1. The molecule has 5 nitrogen and oxygen atoms in total. The molecule has 4 aromatic carbocycles. The normalized spacial score (nSPS) is 13.7. The van der Waals surface area contributed by atoms with Crippen molar-refractivity contribution in [2.24, 2.45) is 0 Å². The third-order valence-electron chi connectivity index (χ3n) is 7.47. The topological polar surface area (TPSA) is 58.6 Å². The van der Waals surface area contributed by atoms with Crippen LogP contribution in [0.2, 0.25) is 0 Å². The second-order valence-electron chi connectivity index (χ2n) is 11.8. The van der Waals surface area contributed by atoms with E-state index in [1.807, 2.05) is 94.4 Å². The highest BCUT2D eigenvalue weighted by atomic mass is 19.1. The van der Waals surface area contributed by atoms with E-state index in [2.05, 4.69) is 10.2 Å². The molecule has 0 aliphatic carbocycles. The highest BCUT2D eigenvalue weighted by molar-refractivity contribution is 5.97. The molecule has 0 saturated carbocycles. The summed E-state index contributed by atoms with van der Waals surface area (Å²) in [4.78, 5) is 28.0. The number of benzene rings is 4. The lowest BCUT2D eigenvalue weighted by Gasteiger charge is -2.32. The first-order valence-corrected chi connectivity index (χ1v) is 14.4. The maximum Gasteiger partial charge on any atom is 0.339 e. The van der Waals surface area contributed by atoms with Crippen molar-refractivity contribution in [1.29, 1.82) is 0 Å². The monoisotopic (exact) mass is 564 g/mol. The van der Waals surface area contributed by atoms with Gasteiger partial charge in [0.05, 0.1) is 11.6 Å². The van der Waals surface area contributed by atoms with Gasteiger partial charge in [0.15, 0.2) is 0 Å². The van der Waals surface area contributed by atoms with Gasteiger partial charge < -0.3 is 15.0 Å². The minimum absolute atomic E-state index is 0.103. The van der Waals surface area contributed by atoms with E-state index in [4.69, 9.17) is 4.74 Å². The number of nitrogens with one attached hydrogen (secondary N) is 1. The Bertz CT molecular complexity index is 1590. The average Bonchev–Trinajstić information content (AvgIpc) is 2.97. The molecule has 0 bridgehead atoms. The number of carbonyl (C=O) groups is 2. The minimum Gasteiger partial charge on any atom is -0.456 e. The molecular formula is C36H37FN2O3. The molecule has 216 valence electrons. The molecule has 0 aromatic heterocycles. The summed E-state index contributed by atoms with van der Waals surface area (Å²) >= 11 is 0. The van der Waals surface area contributed by atoms with E-state index in [0.717, 1.165) is 36.2 Å². The molecule has 1 unspecified atom stereocenters. The van der Waals surface area contributed by atoms with Crippen molar-refractivity contribution in [2.75, 3.05) is 11.4 Å². The average molecular weight is 565 g/mol. The summed E-state index contributed by atoms with van der Waals surface area (Å²) in [6.45, 7) is 8.65. The molecule has 1 aliphatic rings. The third kappa shape index (κ3) is 6.71. The van der Waals surface area contributed by atoms with Crippen LogP contribution in [0.4, 0.5) is 10.1 Å². The standard InChI is InChI=1S/C36H37FN2O3/c1-24(25-11-6-5-7-12-25)38-34(40)28-18-19-33-27(21-28)13-10-20-39(33)23-29-17-16-26(22-32(29)37)30-14-8-9-15-31(30)35(41)42-36(2,3)4/h5-9,11-12,14-19,21-22,24H,10,13,20,23H2,1-4H3,(H,38,40). The van der Waals surface area contributed by atoms with Gasteiger partial charge in [-0.2, -0.15) is 0 Å². The van der Waals surface area contributed by atoms with Gasteiger partial charge >= 0.3 is 5.97 Å². The molecule has 1 heterocycles. The molecule has 1 N–H and O–H groups in total. The Kier molecular flexibility index (Phi) is 8.44. The van der Waals surface area contributed by atoms with Crippen LogP contribution in [0, 0.1) is 5.82 Å². The smallest absolute Gasteiger partial charge is 0.339 e. The minimum atomic E-state index is -0.630. The summed E-state index contributed by atoms with van der Waals surface area (Å²) < 4.78 is 21.1. The van der Waals surface area contributed by atoms with Crippen LogP contribution in [0.25, 0.3) is 11.1 Å². The van der Waals surface area contributed by atoms with Crippen molar-refractivity contribution in [3.63, 3.8) is 0 Å². The Labute approximate surface area is 247 Å². The molecule has 4 aromatic rings. The second-order valence-corrected chi connectivity index (χ2v) is 11.8. The van der Waals surface area contributed by atoms with Crippen LogP contribution in [-0.2, 0) is 17.7 Å². The molecule has 1 amide bonds. The highest BCUT2D eigenvalue weighted by Crippen LogP contribution is 2.32. The van der Waals surface area contributed by atoms with E-state index >= 15 is 4.39 Å². The van der Waals surface area contributed by atoms with Crippen LogP contribution < -0.4 is 10.2 Å². The zero-order valence-electron chi connectivity index (χ0n) is 24.6. The first-order chi connectivity index (χ1) is 20.1. The molecule has 0 radical (unpaired) electrons. The van der Waals surface area contributed by atoms with Gasteiger partial charge in [0.1, 0.15) is 11.4 Å². The Morgan fingerprint density at radius 3 is 2.43 bits per heavy atom. The van der Waals surface area contributed by atoms with Crippen LogP contribution in [-0.4, -0.2) is 24.0 Å². The van der Waals surface area contributed by atoms with E-state index in [1.165, 1.54) is 6.07 Å². The van der Waals surface area contributed by atoms with Crippen LogP contribution >= 0.6 is 0 Å². The van der Waals surface area contributed by atoms with Crippen molar-refractivity contribution in [3.05, 3.63) is 125 Å². The summed E-state index contributed by atoms with van der Waals surface area (Å²) in [6, 6.07) is 27.8. The Morgan fingerprint density at radius 2 is 1.69 bits per heavy atom. The lowest BCUT2D eigenvalue weighted by Crippen LogP contribution is -2.30. The predicted molar refractivity (Wildman–Crippen MR) is 165 cm³/mol. The van der Waals surface area contributed by atoms with E-state index < -0.39 is 11.6 Å². The largest absolute Gasteiger partial charge is 0.456 e. The quantitative estimate of drug-likeness (QED) is 0.232. The molecular weight excluding hydrogens is 527 g/mol. The number of hydrogen-bond acceptors (Lipinski definition) is 4. The van der Waals surface area contributed by atoms with Gasteiger partial charge in [-0.3, -0.25) is 4.79 Å². The fourth-order valence-electron chi connectivity index (χ4n) is 5.38. The Morgan fingerprint density at radius 1 is 0.952 bits per heavy atom.